The highest BCUT2D eigenvalue weighted by Gasteiger charge is 2.42. The van der Waals surface area contributed by atoms with E-state index in [1.54, 1.807) is 0 Å². The monoisotopic (exact) mass is 269 g/mol. The summed E-state index contributed by atoms with van der Waals surface area (Å²) in [4.78, 5) is 12.3. The molecule has 0 radical (unpaired) electrons. The molecule has 0 aromatic heterocycles. The summed E-state index contributed by atoms with van der Waals surface area (Å²) >= 11 is 0. The van der Waals surface area contributed by atoms with E-state index >= 15 is 0 Å². The van der Waals surface area contributed by atoms with Crippen LogP contribution in [-0.2, 0) is 6.18 Å². The Morgan fingerprint density at radius 2 is 1.84 bits per heavy atom. The van der Waals surface area contributed by atoms with Crippen molar-refractivity contribution in [2.45, 2.75) is 37.5 Å². The van der Waals surface area contributed by atoms with Crippen molar-refractivity contribution in [3.8, 4) is 0 Å². The number of nitrogens with one attached hydrogen (secondary N) is 1. The Morgan fingerprint density at radius 1 is 1.16 bits per heavy atom. The Balaban J connectivity index is 1.77. The number of hydrogen-bond acceptors (Lipinski definition) is 2. The normalized spacial score (nSPS) is 29.7. The summed E-state index contributed by atoms with van der Waals surface area (Å²) in [6.07, 6.45) is -1.46. The number of carbonyl (C=O) groups excluding carboxylic acids is 1. The largest absolute Gasteiger partial charge is 0.416 e. The summed E-state index contributed by atoms with van der Waals surface area (Å²) in [5.74, 6) is -0.107. The van der Waals surface area contributed by atoms with E-state index in [9.17, 15) is 18.0 Å². The van der Waals surface area contributed by atoms with Gasteiger partial charge in [0.05, 0.1) is 5.56 Å². The smallest absolute Gasteiger partial charge is 0.310 e. The average molecular weight is 269 g/mol. The highest BCUT2D eigenvalue weighted by Crippen LogP contribution is 2.36. The van der Waals surface area contributed by atoms with Crippen LogP contribution in [0.15, 0.2) is 24.3 Å². The molecule has 1 aromatic carbocycles. The van der Waals surface area contributed by atoms with Crippen LogP contribution in [0, 0.1) is 5.92 Å². The average Bonchev–Trinajstić information content (AvgIpc) is 2.99. The lowest BCUT2D eigenvalue weighted by molar-refractivity contribution is -0.137. The number of alkyl halides is 3. The molecule has 0 aliphatic carbocycles. The molecular formula is C14H14F3NO. The zero-order chi connectivity index (χ0) is 13.6. The molecule has 5 heteroatoms. The number of fused-ring (bicyclic) bond motifs is 2. The lowest BCUT2D eigenvalue weighted by Gasteiger charge is -2.19. The molecular weight excluding hydrogens is 255 g/mol. The molecule has 3 rings (SSSR count). The van der Waals surface area contributed by atoms with Crippen LogP contribution < -0.4 is 5.32 Å². The van der Waals surface area contributed by atoms with Gasteiger partial charge in [0.2, 0.25) is 0 Å². The van der Waals surface area contributed by atoms with Crippen molar-refractivity contribution in [3.05, 3.63) is 35.4 Å². The van der Waals surface area contributed by atoms with E-state index in [4.69, 9.17) is 0 Å². The molecule has 1 N–H and O–H groups in total. The zero-order valence-corrected chi connectivity index (χ0v) is 10.2. The molecule has 102 valence electrons. The first-order valence-corrected chi connectivity index (χ1v) is 6.42. The lowest BCUT2D eigenvalue weighted by atomic mass is 9.83. The standard InChI is InChI=1S/C14H14F3NO/c15-14(16,17)9-3-1-8(2-4-9)13(19)11-7-10-5-6-12(11)18-10/h1-4,10-12,18H,5-7H2. The van der Waals surface area contributed by atoms with Crippen molar-refractivity contribution in [1.82, 2.24) is 5.32 Å². The third-order valence-corrected chi connectivity index (χ3v) is 4.13. The van der Waals surface area contributed by atoms with Crippen molar-refractivity contribution in [3.63, 3.8) is 0 Å². The topological polar surface area (TPSA) is 29.1 Å². The second kappa shape index (κ2) is 4.34. The van der Waals surface area contributed by atoms with Gasteiger partial charge < -0.3 is 5.32 Å². The van der Waals surface area contributed by atoms with Crippen LogP contribution in [0.2, 0.25) is 0 Å². The van der Waals surface area contributed by atoms with Gasteiger partial charge in [0, 0.05) is 23.6 Å². The number of rotatable bonds is 2. The maximum Gasteiger partial charge on any atom is 0.416 e. The molecule has 2 nitrogen and oxygen atoms in total. The van der Waals surface area contributed by atoms with Crippen molar-refractivity contribution < 1.29 is 18.0 Å². The van der Waals surface area contributed by atoms with Crippen molar-refractivity contribution >= 4 is 5.78 Å². The van der Waals surface area contributed by atoms with E-state index in [2.05, 4.69) is 5.32 Å². The minimum atomic E-state index is -4.35. The predicted octanol–water partition coefficient (Wildman–Crippen LogP) is 3.03. The third kappa shape index (κ3) is 2.27. The zero-order valence-electron chi connectivity index (χ0n) is 10.2. The molecule has 2 bridgehead atoms. The SMILES string of the molecule is O=C(c1ccc(C(F)(F)F)cc1)C1CC2CCC1N2. The van der Waals surface area contributed by atoms with E-state index in [0.29, 0.717) is 11.6 Å². The lowest BCUT2D eigenvalue weighted by Crippen LogP contribution is -2.28. The van der Waals surface area contributed by atoms with E-state index in [1.807, 2.05) is 0 Å². The summed E-state index contributed by atoms with van der Waals surface area (Å²) < 4.78 is 37.3. The van der Waals surface area contributed by atoms with Gasteiger partial charge in [-0.1, -0.05) is 12.1 Å². The number of carbonyl (C=O) groups is 1. The second-order valence-corrected chi connectivity index (χ2v) is 5.33. The summed E-state index contributed by atoms with van der Waals surface area (Å²) in [7, 11) is 0. The van der Waals surface area contributed by atoms with E-state index in [1.165, 1.54) is 12.1 Å². The van der Waals surface area contributed by atoms with Gasteiger partial charge in [-0.25, -0.2) is 0 Å². The van der Waals surface area contributed by atoms with Gasteiger partial charge in [-0.2, -0.15) is 13.2 Å². The first kappa shape index (κ1) is 12.7. The first-order valence-electron chi connectivity index (χ1n) is 6.42. The fraction of sp³-hybridized carbons (Fsp3) is 0.500. The highest BCUT2D eigenvalue weighted by molar-refractivity contribution is 5.98. The van der Waals surface area contributed by atoms with Gasteiger partial charge in [0.15, 0.2) is 5.78 Å². The number of halogens is 3. The van der Waals surface area contributed by atoms with E-state index in [-0.39, 0.29) is 17.7 Å². The summed E-state index contributed by atoms with van der Waals surface area (Å²) in [6.45, 7) is 0. The summed E-state index contributed by atoms with van der Waals surface area (Å²) in [6, 6.07) is 5.16. The quantitative estimate of drug-likeness (QED) is 0.836. The van der Waals surface area contributed by atoms with Crippen molar-refractivity contribution in [2.24, 2.45) is 5.92 Å². The van der Waals surface area contributed by atoms with Gasteiger partial charge in [-0.3, -0.25) is 4.79 Å². The van der Waals surface area contributed by atoms with Gasteiger partial charge in [-0.15, -0.1) is 0 Å². The van der Waals surface area contributed by atoms with Crippen LogP contribution in [-0.4, -0.2) is 17.9 Å². The molecule has 2 aliphatic rings. The number of hydrogen-bond donors (Lipinski definition) is 1. The Bertz CT molecular complexity index is 494. The maximum atomic E-state index is 12.4. The third-order valence-electron chi connectivity index (χ3n) is 4.13. The molecule has 0 amide bonds. The summed E-state index contributed by atoms with van der Waals surface area (Å²) in [5, 5.41) is 3.36. The first-order chi connectivity index (χ1) is 8.95. The molecule has 0 spiro atoms. The molecule has 2 aliphatic heterocycles. The maximum absolute atomic E-state index is 12.4. The Hall–Kier alpha value is -1.36. The highest BCUT2D eigenvalue weighted by atomic mass is 19.4. The van der Waals surface area contributed by atoms with E-state index < -0.39 is 11.7 Å². The van der Waals surface area contributed by atoms with Crippen molar-refractivity contribution in [2.75, 3.05) is 0 Å². The van der Waals surface area contributed by atoms with Crippen LogP contribution in [0.4, 0.5) is 13.2 Å². The minimum Gasteiger partial charge on any atom is -0.310 e. The van der Waals surface area contributed by atoms with E-state index in [0.717, 1.165) is 31.4 Å². The Kier molecular flexibility index (Phi) is 2.89. The minimum absolute atomic E-state index is 0.0339. The molecule has 2 fully saturated rings. The van der Waals surface area contributed by atoms with Crippen LogP contribution in [0.1, 0.15) is 35.2 Å². The van der Waals surface area contributed by atoms with Crippen LogP contribution in [0.3, 0.4) is 0 Å². The number of benzene rings is 1. The fourth-order valence-electron chi connectivity index (χ4n) is 3.15. The van der Waals surface area contributed by atoms with Crippen LogP contribution in [0.5, 0.6) is 0 Å². The Labute approximate surface area is 109 Å². The Morgan fingerprint density at radius 3 is 2.32 bits per heavy atom. The van der Waals surface area contributed by atoms with Gasteiger partial charge in [-0.05, 0) is 31.4 Å². The van der Waals surface area contributed by atoms with Crippen molar-refractivity contribution in [1.29, 1.82) is 0 Å². The number of Topliss-reactive ketones (excluding diaryl/α,β-unsaturated/α-hetero) is 1. The van der Waals surface area contributed by atoms with Crippen LogP contribution >= 0.6 is 0 Å². The molecule has 0 saturated carbocycles. The molecule has 3 atom stereocenters. The van der Waals surface area contributed by atoms with Gasteiger partial charge >= 0.3 is 6.18 Å². The molecule has 3 unspecified atom stereocenters. The van der Waals surface area contributed by atoms with Crippen LogP contribution in [0.25, 0.3) is 0 Å². The number of ketones is 1. The fourth-order valence-corrected chi connectivity index (χ4v) is 3.15. The molecule has 2 heterocycles. The second-order valence-electron chi connectivity index (χ2n) is 5.33. The summed E-state index contributed by atoms with van der Waals surface area (Å²) in [5.41, 5.74) is -0.331. The van der Waals surface area contributed by atoms with Gasteiger partial charge in [0.1, 0.15) is 0 Å². The van der Waals surface area contributed by atoms with Gasteiger partial charge in [0.25, 0.3) is 0 Å². The predicted molar refractivity (Wildman–Crippen MR) is 63.8 cm³/mol. The molecule has 2 saturated heterocycles. The molecule has 19 heavy (non-hydrogen) atoms. The molecule has 1 aromatic rings.